The number of carboxylic acids is 1. The van der Waals surface area contributed by atoms with Gasteiger partial charge in [-0.2, -0.15) is 5.26 Å². The van der Waals surface area contributed by atoms with Crippen LogP contribution in [0.2, 0.25) is 0 Å². The fraction of sp³-hybridized carbons (Fsp3) is 0.312. The molecule has 108 valence electrons. The minimum Gasteiger partial charge on any atom is -0.480 e. The van der Waals surface area contributed by atoms with Gasteiger partial charge in [-0.15, -0.1) is 0 Å². The molecule has 1 heterocycles. The molecule has 0 aliphatic rings. The molecule has 1 aromatic carbocycles. The van der Waals surface area contributed by atoms with Gasteiger partial charge in [-0.05, 0) is 25.0 Å². The molecule has 5 heteroatoms. The van der Waals surface area contributed by atoms with Crippen LogP contribution in [0.3, 0.4) is 0 Å². The number of nitrogens with zero attached hydrogens (tertiary/aromatic N) is 2. The second-order valence-corrected chi connectivity index (χ2v) is 4.90. The number of aliphatic carboxylic acids is 1. The van der Waals surface area contributed by atoms with Gasteiger partial charge in [0, 0.05) is 5.39 Å². The van der Waals surface area contributed by atoms with Crippen LogP contribution in [0.15, 0.2) is 30.3 Å². The Labute approximate surface area is 123 Å². The van der Waals surface area contributed by atoms with Gasteiger partial charge < -0.3 is 10.4 Å². The van der Waals surface area contributed by atoms with Gasteiger partial charge in [0.05, 0.1) is 17.1 Å². The molecule has 0 radical (unpaired) electrons. The Balaban J connectivity index is 2.53. The normalized spacial score (nSPS) is 11.1. The highest BCUT2D eigenvalue weighted by Crippen LogP contribution is 2.25. The Morgan fingerprint density at radius 3 is 2.62 bits per heavy atom. The summed E-state index contributed by atoms with van der Waals surface area (Å²) >= 11 is 0. The lowest BCUT2D eigenvalue weighted by Gasteiger charge is -2.28. The van der Waals surface area contributed by atoms with E-state index >= 15 is 0 Å². The summed E-state index contributed by atoms with van der Waals surface area (Å²) in [5.41, 5.74) is 0.0856. The van der Waals surface area contributed by atoms with E-state index in [0.29, 0.717) is 29.7 Å². The summed E-state index contributed by atoms with van der Waals surface area (Å²) in [4.78, 5) is 16.0. The van der Waals surface area contributed by atoms with E-state index in [1.54, 1.807) is 6.07 Å². The van der Waals surface area contributed by atoms with Crippen molar-refractivity contribution in [1.29, 1.82) is 5.26 Å². The lowest BCUT2D eigenvalue weighted by molar-refractivity contribution is -0.142. The van der Waals surface area contributed by atoms with Crippen molar-refractivity contribution in [3.8, 4) is 6.07 Å². The van der Waals surface area contributed by atoms with Crippen molar-refractivity contribution >= 4 is 22.7 Å². The quantitative estimate of drug-likeness (QED) is 0.880. The van der Waals surface area contributed by atoms with Crippen LogP contribution < -0.4 is 5.32 Å². The fourth-order valence-electron chi connectivity index (χ4n) is 2.36. The van der Waals surface area contributed by atoms with E-state index in [1.165, 1.54) is 0 Å². The van der Waals surface area contributed by atoms with Crippen LogP contribution in [0.4, 0.5) is 5.82 Å². The third-order valence-corrected chi connectivity index (χ3v) is 3.82. The molecule has 2 rings (SSSR count). The minimum atomic E-state index is -1.07. The zero-order valence-corrected chi connectivity index (χ0v) is 12.1. The molecule has 0 bridgehead atoms. The molecule has 5 nitrogen and oxygen atoms in total. The number of fused-ring (bicyclic) bond motifs is 1. The smallest absolute Gasteiger partial charge is 0.329 e. The molecule has 21 heavy (non-hydrogen) atoms. The van der Waals surface area contributed by atoms with Crippen molar-refractivity contribution in [2.75, 3.05) is 5.32 Å². The number of nitriles is 1. The average Bonchev–Trinajstić information content (AvgIpc) is 2.51. The van der Waals surface area contributed by atoms with Gasteiger partial charge in [-0.1, -0.05) is 32.0 Å². The highest BCUT2D eigenvalue weighted by atomic mass is 16.4. The van der Waals surface area contributed by atoms with Gasteiger partial charge in [0.2, 0.25) is 0 Å². The first-order chi connectivity index (χ1) is 10.1. The number of pyridine rings is 1. The predicted octanol–water partition coefficient (Wildman–Crippen LogP) is 3.16. The molecule has 0 fully saturated rings. The topological polar surface area (TPSA) is 86.0 Å². The Kier molecular flexibility index (Phi) is 4.08. The number of hydrogen-bond acceptors (Lipinski definition) is 4. The van der Waals surface area contributed by atoms with Gasteiger partial charge in [0.15, 0.2) is 0 Å². The molecule has 2 aromatic rings. The maximum Gasteiger partial charge on any atom is 0.329 e. The second kappa shape index (κ2) is 5.80. The highest BCUT2D eigenvalue weighted by Gasteiger charge is 2.35. The zero-order chi connectivity index (χ0) is 15.5. The zero-order valence-electron chi connectivity index (χ0n) is 12.1. The van der Waals surface area contributed by atoms with E-state index in [-0.39, 0.29) is 0 Å². The minimum absolute atomic E-state index is 0.413. The number of benzene rings is 1. The maximum absolute atomic E-state index is 11.6. The highest BCUT2D eigenvalue weighted by molar-refractivity contribution is 5.88. The van der Waals surface area contributed by atoms with Crippen molar-refractivity contribution in [3.63, 3.8) is 0 Å². The average molecular weight is 283 g/mol. The number of carbonyl (C=O) groups is 1. The Morgan fingerprint density at radius 2 is 2.05 bits per heavy atom. The van der Waals surface area contributed by atoms with Crippen molar-refractivity contribution in [1.82, 2.24) is 4.98 Å². The molecule has 0 aliphatic heterocycles. The Hall–Kier alpha value is -2.61. The number of hydrogen-bond donors (Lipinski definition) is 2. The number of nitrogens with one attached hydrogen (secondary N) is 1. The monoisotopic (exact) mass is 283 g/mol. The first-order valence-electron chi connectivity index (χ1n) is 6.87. The van der Waals surface area contributed by atoms with Crippen LogP contribution >= 0.6 is 0 Å². The second-order valence-electron chi connectivity index (χ2n) is 4.90. The molecule has 0 spiro atoms. The van der Waals surface area contributed by atoms with Crippen molar-refractivity contribution < 1.29 is 9.90 Å². The van der Waals surface area contributed by atoms with Crippen LogP contribution in [0.1, 0.15) is 32.3 Å². The molecular formula is C16H17N3O2. The lowest BCUT2D eigenvalue weighted by atomic mass is 9.93. The van der Waals surface area contributed by atoms with Crippen LogP contribution in [0, 0.1) is 11.3 Å². The van der Waals surface area contributed by atoms with E-state index in [0.717, 1.165) is 5.39 Å². The van der Waals surface area contributed by atoms with E-state index in [2.05, 4.69) is 16.4 Å². The lowest BCUT2D eigenvalue weighted by Crippen LogP contribution is -2.45. The molecule has 0 unspecified atom stereocenters. The maximum atomic E-state index is 11.6. The van der Waals surface area contributed by atoms with E-state index in [4.69, 9.17) is 0 Å². The van der Waals surface area contributed by atoms with E-state index in [9.17, 15) is 15.2 Å². The molecule has 0 saturated heterocycles. The number of carboxylic acid groups (broad SMARTS) is 1. The SMILES string of the molecule is CCC(CC)(Nc1cc(C#N)c2ccccc2n1)C(=O)O. The third-order valence-electron chi connectivity index (χ3n) is 3.82. The summed E-state index contributed by atoms with van der Waals surface area (Å²) in [5.74, 6) is -0.502. The number of anilines is 1. The van der Waals surface area contributed by atoms with Crippen LogP contribution in [0.25, 0.3) is 10.9 Å². The molecule has 1 aromatic heterocycles. The summed E-state index contributed by atoms with van der Waals surface area (Å²) in [5, 5.41) is 22.5. The number of para-hydroxylation sites is 1. The molecule has 2 N–H and O–H groups in total. The first-order valence-corrected chi connectivity index (χ1v) is 6.87. The summed E-state index contributed by atoms with van der Waals surface area (Å²) in [6.07, 6.45) is 0.852. The Morgan fingerprint density at radius 1 is 1.38 bits per heavy atom. The van der Waals surface area contributed by atoms with Crippen molar-refractivity contribution in [2.45, 2.75) is 32.2 Å². The molecular weight excluding hydrogens is 266 g/mol. The molecule has 0 aliphatic carbocycles. The van der Waals surface area contributed by atoms with Gasteiger partial charge >= 0.3 is 5.97 Å². The van der Waals surface area contributed by atoms with Gasteiger partial charge in [-0.25, -0.2) is 9.78 Å². The predicted molar refractivity (Wildman–Crippen MR) is 81.0 cm³/mol. The Bertz CT molecular complexity index is 715. The summed E-state index contributed by atoms with van der Waals surface area (Å²) in [6.45, 7) is 3.63. The standard InChI is InChI=1S/C16H17N3O2/c1-3-16(4-2,15(20)21)19-14-9-11(10-17)12-7-5-6-8-13(12)18-14/h5-9H,3-4H2,1-2H3,(H,18,19)(H,20,21). The first kappa shape index (κ1) is 14.8. The van der Waals surface area contributed by atoms with E-state index < -0.39 is 11.5 Å². The molecule has 0 atom stereocenters. The van der Waals surface area contributed by atoms with Gasteiger partial charge in [0.1, 0.15) is 11.4 Å². The summed E-state index contributed by atoms with van der Waals surface area (Å²) < 4.78 is 0. The van der Waals surface area contributed by atoms with Gasteiger partial charge in [0.25, 0.3) is 0 Å². The largest absolute Gasteiger partial charge is 0.480 e. The van der Waals surface area contributed by atoms with Crippen LogP contribution in [-0.2, 0) is 4.79 Å². The van der Waals surface area contributed by atoms with Gasteiger partial charge in [-0.3, -0.25) is 0 Å². The van der Waals surface area contributed by atoms with E-state index in [1.807, 2.05) is 38.1 Å². The van der Waals surface area contributed by atoms with Crippen molar-refractivity contribution in [3.05, 3.63) is 35.9 Å². The fourth-order valence-corrected chi connectivity index (χ4v) is 2.36. The summed E-state index contributed by atoms with van der Waals surface area (Å²) in [7, 11) is 0. The third kappa shape index (κ3) is 2.65. The summed E-state index contributed by atoms with van der Waals surface area (Å²) in [6, 6.07) is 11.1. The molecule has 0 saturated carbocycles. The van der Waals surface area contributed by atoms with Crippen LogP contribution in [-0.4, -0.2) is 21.6 Å². The number of aromatic nitrogens is 1. The molecule has 0 amide bonds. The number of rotatable bonds is 5. The van der Waals surface area contributed by atoms with Crippen LogP contribution in [0.5, 0.6) is 0 Å². The van der Waals surface area contributed by atoms with Crippen molar-refractivity contribution in [2.24, 2.45) is 0 Å².